The van der Waals surface area contributed by atoms with E-state index in [1.807, 2.05) is 0 Å². The molecule has 0 fully saturated rings. The molecule has 0 aliphatic heterocycles. The highest BCUT2D eigenvalue weighted by molar-refractivity contribution is 5.96. The molecule has 108 valence electrons. The Hall–Kier alpha value is -2.95. The number of carbonyl (C=O) groups is 1. The number of benzene rings is 2. The van der Waals surface area contributed by atoms with Gasteiger partial charge >= 0.3 is 5.97 Å². The molecule has 0 saturated heterocycles. The molecule has 0 saturated carbocycles. The van der Waals surface area contributed by atoms with Crippen molar-refractivity contribution in [2.75, 3.05) is 12.8 Å². The van der Waals surface area contributed by atoms with Crippen LogP contribution in [0.1, 0.15) is 15.9 Å². The topological polar surface area (TPSA) is 81.8 Å². The summed E-state index contributed by atoms with van der Waals surface area (Å²) in [6, 6.07) is 11.4. The number of nitrogen functional groups attached to an aromatic ring is 1. The summed E-state index contributed by atoms with van der Waals surface area (Å²) >= 11 is 0. The van der Waals surface area contributed by atoms with Crippen molar-refractivity contribution < 1.29 is 19.4 Å². The van der Waals surface area contributed by atoms with E-state index in [9.17, 15) is 9.90 Å². The Morgan fingerprint density at radius 2 is 1.81 bits per heavy atom. The van der Waals surface area contributed by atoms with Crippen molar-refractivity contribution in [3.05, 3.63) is 60.2 Å². The van der Waals surface area contributed by atoms with E-state index in [-0.39, 0.29) is 28.5 Å². The first-order valence-corrected chi connectivity index (χ1v) is 6.16. The number of methoxy groups -OCH3 is 1. The Morgan fingerprint density at radius 3 is 2.48 bits per heavy atom. The van der Waals surface area contributed by atoms with Gasteiger partial charge in [0.25, 0.3) is 0 Å². The maximum atomic E-state index is 11.6. The molecule has 0 amide bonds. The number of anilines is 1. The number of hydrogen-bond acceptors (Lipinski definition) is 5. The lowest BCUT2D eigenvalue weighted by Crippen LogP contribution is -2.07. The number of nitrogens with two attached hydrogens (primary N) is 1. The van der Waals surface area contributed by atoms with E-state index in [0.29, 0.717) is 5.56 Å². The highest BCUT2D eigenvalue weighted by Crippen LogP contribution is 2.31. The summed E-state index contributed by atoms with van der Waals surface area (Å²) in [6.45, 7) is 3.76. The van der Waals surface area contributed by atoms with Gasteiger partial charge in [-0.15, -0.1) is 0 Å². The van der Waals surface area contributed by atoms with Crippen molar-refractivity contribution in [3.8, 4) is 11.5 Å². The molecule has 0 aliphatic carbocycles. The van der Waals surface area contributed by atoms with Crippen LogP contribution >= 0.6 is 0 Å². The number of carbonyl (C=O) groups excluding carboxylic acids is 1. The maximum Gasteiger partial charge on any atom is 0.340 e. The minimum Gasteiger partial charge on any atom is -0.507 e. The number of ether oxygens (including phenoxy) is 2. The van der Waals surface area contributed by atoms with E-state index in [1.165, 1.54) is 19.2 Å². The molecular formula is C16H15NO4. The van der Waals surface area contributed by atoms with Gasteiger partial charge in [0.15, 0.2) is 5.75 Å². The minimum atomic E-state index is -0.550. The molecule has 3 N–H and O–H groups in total. The molecule has 0 atom stereocenters. The van der Waals surface area contributed by atoms with Crippen LogP contribution in [0.2, 0.25) is 0 Å². The van der Waals surface area contributed by atoms with Crippen LogP contribution in [0.3, 0.4) is 0 Å². The molecule has 2 aromatic carbocycles. The van der Waals surface area contributed by atoms with Crippen LogP contribution in [-0.2, 0) is 4.74 Å². The van der Waals surface area contributed by atoms with Crippen LogP contribution < -0.4 is 10.5 Å². The molecule has 0 bridgehead atoms. The van der Waals surface area contributed by atoms with E-state index < -0.39 is 5.97 Å². The normalized spacial score (nSPS) is 9.95. The third kappa shape index (κ3) is 2.97. The molecule has 0 radical (unpaired) electrons. The summed E-state index contributed by atoms with van der Waals surface area (Å²) < 4.78 is 10.2. The standard InChI is InChI=1S/C16H15NO4/c1-10(11-6-3-4-8-13(11)18)21-14-9-5-7-12(15(14)17)16(19)20-2/h3-9,18H,1,17H2,2H3. The average Bonchev–Trinajstić information content (AvgIpc) is 2.49. The number of phenolic OH excluding ortho intramolecular Hbond substituents is 1. The number of para-hydroxylation sites is 2. The van der Waals surface area contributed by atoms with Gasteiger partial charge in [0.1, 0.15) is 11.5 Å². The van der Waals surface area contributed by atoms with Crippen molar-refractivity contribution in [2.45, 2.75) is 0 Å². The first-order valence-electron chi connectivity index (χ1n) is 6.16. The second-order valence-electron chi connectivity index (χ2n) is 4.25. The predicted molar refractivity (Wildman–Crippen MR) is 80.0 cm³/mol. The van der Waals surface area contributed by atoms with E-state index in [4.69, 9.17) is 10.5 Å². The molecule has 5 nitrogen and oxygen atoms in total. The lowest BCUT2D eigenvalue weighted by atomic mass is 10.1. The molecule has 0 spiro atoms. The van der Waals surface area contributed by atoms with E-state index >= 15 is 0 Å². The summed E-state index contributed by atoms with van der Waals surface area (Å²) in [5.41, 5.74) is 6.70. The Balaban J connectivity index is 2.30. The first kappa shape index (κ1) is 14.5. The fourth-order valence-electron chi connectivity index (χ4n) is 1.82. The van der Waals surface area contributed by atoms with Crippen LogP contribution in [0.15, 0.2) is 49.0 Å². The number of rotatable bonds is 4. The second-order valence-corrected chi connectivity index (χ2v) is 4.25. The van der Waals surface area contributed by atoms with Gasteiger partial charge in [0, 0.05) is 0 Å². The summed E-state index contributed by atoms with van der Waals surface area (Å²) in [7, 11) is 1.27. The van der Waals surface area contributed by atoms with Crippen LogP contribution in [0.5, 0.6) is 11.5 Å². The molecule has 0 unspecified atom stereocenters. The van der Waals surface area contributed by atoms with Gasteiger partial charge in [0.05, 0.1) is 23.9 Å². The van der Waals surface area contributed by atoms with Crippen molar-refractivity contribution in [1.29, 1.82) is 0 Å². The van der Waals surface area contributed by atoms with E-state index in [2.05, 4.69) is 11.3 Å². The van der Waals surface area contributed by atoms with Crippen molar-refractivity contribution >= 4 is 17.4 Å². The second kappa shape index (κ2) is 6.00. The summed E-state index contributed by atoms with van der Waals surface area (Å²) in [5, 5.41) is 9.76. The number of esters is 1. The zero-order valence-corrected chi connectivity index (χ0v) is 11.5. The largest absolute Gasteiger partial charge is 0.507 e. The lowest BCUT2D eigenvalue weighted by Gasteiger charge is -2.13. The Kier molecular flexibility index (Phi) is 4.13. The molecule has 0 heterocycles. The molecule has 5 heteroatoms. The van der Waals surface area contributed by atoms with Gasteiger partial charge in [-0.3, -0.25) is 0 Å². The summed E-state index contributed by atoms with van der Waals surface area (Å²) in [6.07, 6.45) is 0. The highest BCUT2D eigenvalue weighted by Gasteiger charge is 2.15. The quantitative estimate of drug-likeness (QED) is 0.513. The monoisotopic (exact) mass is 285 g/mol. The van der Waals surface area contributed by atoms with Gasteiger partial charge in [0.2, 0.25) is 0 Å². The number of hydrogen-bond donors (Lipinski definition) is 2. The Labute approximate surface area is 122 Å². The minimum absolute atomic E-state index is 0.0465. The van der Waals surface area contributed by atoms with Crippen LogP contribution in [0.4, 0.5) is 5.69 Å². The number of aromatic hydroxyl groups is 1. The van der Waals surface area contributed by atoms with E-state index in [1.54, 1.807) is 30.3 Å². The van der Waals surface area contributed by atoms with Crippen molar-refractivity contribution in [3.63, 3.8) is 0 Å². The fourth-order valence-corrected chi connectivity index (χ4v) is 1.82. The van der Waals surface area contributed by atoms with Crippen LogP contribution in [-0.4, -0.2) is 18.2 Å². The molecule has 0 aliphatic rings. The molecule has 2 rings (SSSR count). The van der Waals surface area contributed by atoms with Crippen molar-refractivity contribution in [1.82, 2.24) is 0 Å². The third-order valence-corrected chi connectivity index (χ3v) is 2.91. The zero-order chi connectivity index (χ0) is 15.4. The fraction of sp³-hybridized carbons (Fsp3) is 0.0625. The summed E-state index contributed by atoms with van der Waals surface area (Å²) in [5.74, 6) is -0.00992. The summed E-state index contributed by atoms with van der Waals surface area (Å²) in [4.78, 5) is 11.6. The van der Waals surface area contributed by atoms with E-state index in [0.717, 1.165) is 0 Å². The SMILES string of the molecule is C=C(Oc1cccc(C(=O)OC)c1N)c1ccccc1O. The van der Waals surface area contributed by atoms with Gasteiger partial charge in [-0.2, -0.15) is 0 Å². The van der Waals surface area contributed by atoms with Crippen LogP contribution in [0.25, 0.3) is 5.76 Å². The van der Waals surface area contributed by atoms with Gasteiger partial charge in [-0.05, 0) is 24.3 Å². The zero-order valence-electron chi connectivity index (χ0n) is 11.5. The third-order valence-electron chi connectivity index (χ3n) is 2.91. The highest BCUT2D eigenvalue weighted by atomic mass is 16.5. The van der Waals surface area contributed by atoms with Gasteiger partial charge in [-0.1, -0.05) is 24.8 Å². The van der Waals surface area contributed by atoms with Gasteiger partial charge < -0.3 is 20.3 Å². The van der Waals surface area contributed by atoms with Crippen LogP contribution in [0, 0.1) is 0 Å². The average molecular weight is 285 g/mol. The first-order chi connectivity index (χ1) is 10.0. The lowest BCUT2D eigenvalue weighted by molar-refractivity contribution is 0.0601. The van der Waals surface area contributed by atoms with Crippen molar-refractivity contribution in [2.24, 2.45) is 0 Å². The Morgan fingerprint density at radius 1 is 1.14 bits per heavy atom. The Bertz CT molecular complexity index is 694. The molecule has 2 aromatic rings. The number of phenols is 1. The molecular weight excluding hydrogens is 270 g/mol. The molecule has 21 heavy (non-hydrogen) atoms. The smallest absolute Gasteiger partial charge is 0.340 e. The van der Waals surface area contributed by atoms with Gasteiger partial charge in [-0.25, -0.2) is 4.79 Å². The maximum absolute atomic E-state index is 11.6. The predicted octanol–water partition coefficient (Wildman–Crippen LogP) is 2.81. The molecule has 0 aromatic heterocycles.